The van der Waals surface area contributed by atoms with E-state index in [1.807, 2.05) is 12.1 Å². The fraction of sp³-hybridized carbons (Fsp3) is 0.636. The summed E-state index contributed by atoms with van der Waals surface area (Å²) in [6.45, 7) is 7.11. The summed E-state index contributed by atoms with van der Waals surface area (Å²) >= 11 is 0. The van der Waals surface area contributed by atoms with Crippen molar-refractivity contribution in [3.8, 4) is 0 Å². The topological polar surface area (TPSA) is 45.4 Å². The highest BCUT2D eigenvalue weighted by atomic mass is 16.3. The van der Waals surface area contributed by atoms with Gasteiger partial charge in [0.2, 0.25) is 0 Å². The molecule has 1 atom stereocenters. The molecule has 3 heteroatoms. The molecule has 2 N–H and O–H groups in total. The van der Waals surface area contributed by atoms with E-state index in [1.165, 1.54) is 0 Å². The number of furan rings is 1. The molecule has 0 saturated heterocycles. The van der Waals surface area contributed by atoms with Crippen LogP contribution in [0.4, 0.5) is 0 Å². The molecule has 0 aromatic carbocycles. The van der Waals surface area contributed by atoms with Crippen LogP contribution in [0.25, 0.3) is 0 Å². The fourth-order valence-electron chi connectivity index (χ4n) is 1.28. The van der Waals surface area contributed by atoms with Crippen LogP contribution in [-0.4, -0.2) is 17.8 Å². The van der Waals surface area contributed by atoms with Gasteiger partial charge in [-0.15, -0.1) is 0 Å². The molecule has 3 nitrogen and oxygen atoms in total. The molecule has 1 heterocycles. The zero-order valence-corrected chi connectivity index (χ0v) is 9.08. The van der Waals surface area contributed by atoms with Crippen molar-refractivity contribution in [1.82, 2.24) is 5.32 Å². The van der Waals surface area contributed by atoms with E-state index in [4.69, 9.17) is 4.42 Å². The lowest BCUT2D eigenvalue weighted by atomic mass is 9.87. The third kappa shape index (κ3) is 3.16. The number of hydrogen-bond acceptors (Lipinski definition) is 3. The Hall–Kier alpha value is -0.800. The number of rotatable bonds is 4. The van der Waals surface area contributed by atoms with Gasteiger partial charge in [0.05, 0.1) is 19.4 Å². The summed E-state index contributed by atoms with van der Waals surface area (Å²) in [6.07, 6.45) is 1.65. The summed E-state index contributed by atoms with van der Waals surface area (Å²) in [5.74, 6) is 0.896. The molecule has 0 spiro atoms. The Kier molecular flexibility index (Phi) is 3.72. The Morgan fingerprint density at radius 2 is 2.21 bits per heavy atom. The lowest BCUT2D eigenvalue weighted by Gasteiger charge is -2.29. The average Bonchev–Trinajstić information content (AvgIpc) is 2.55. The van der Waals surface area contributed by atoms with Crippen LogP contribution in [0.2, 0.25) is 0 Å². The monoisotopic (exact) mass is 197 g/mol. The van der Waals surface area contributed by atoms with E-state index < -0.39 is 0 Å². The van der Waals surface area contributed by atoms with Crippen LogP contribution in [0.1, 0.15) is 26.5 Å². The van der Waals surface area contributed by atoms with Crippen molar-refractivity contribution in [2.75, 3.05) is 6.61 Å². The van der Waals surface area contributed by atoms with E-state index in [1.54, 1.807) is 6.26 Å². The summed E-state index contributed by atoms with van der Waals surface area (Å²) in [5.41, 5.74) is 0.0569. The van der Waals surface area contributed by atoms with E-state index in [2.05, 4.69) is 26.1 Å². The molecule has 1 aromatic rings. The van der Waals surface area contributed by atoms with Gasteiger partial charge >= 0.3 is 0 Å². The fourth-order valence-corrected chi connectivity index (χ4v) is 1.28. The van der Waals surface area contributed by atoms with Crippen LogP contribution in [0.5, 0.6) is 0 Å². The molecular formula is C11H19NO2. The Morgan fingerprint density at radius 1 is 1.50 bits per heavy atom. The van der Waals surface area contributed by atoms with Crippen LogP contribution in [0.15, 0.2) is 22.8 Å². The number of nitrogens with one attached hydrogen (secondary N) is 1. The summed E-state index contributed by atoms with van der Waals surface area (Å²) in [5, 5.41) is 12.5. The maximum Gasteiger partial charge on any atom is 0.117 e. The van der Waals surface area contributed by atoms with Gasteiger partial charge in [0.1, 0.15) is 5.76 Å². The Morgan fingerprint density at radius 3 is 2.64 bits per heavy atom. The second kappa shape index (κ2) is 4.62. The molecule has 1 aromatic heterocycles. The minimum absolute atomic E-state index is 0.0569. The lowest BCUT2D eigenvalue weighted by molar-refractivity contribution is 0.156. The quantitative estimate of drug-likeness (QED) is 0.773. The van der Waals surface area contributed by atoms with E-state index in [9.17, 15) is 5.11 Å². The van der Waals surface area contributed by atoms with Crippen LogP contribution in [-0.2, 0) is 6.54 Å². The lowest BCUT2D eigenvalue weighted by Crippen LogP contribution is -2.42. The van der Waals surface area contributed by atoms with Gasteiger partial charge in [-0.3, -0.25) is 0 Å². The van der Waals surface area contributed by atoms with Crippen molar-refractivity contribution in [3.05, 3.63) is 24.2 Å². The minimum Gasteiger partial charge on any atom is -0.468 e. The average molecular weight is 197 g/mol. The zero-order chi connectivity index (χ0) is 10.6. The van der Waals surface area contributed by atoms with Crippen molar-refractivity contribution in [2.45, 2.75) is 33.4 Å². The van der Waals surface area contributed by atoms with E-state index in [-0.39, 0.29) is 18.1 Å². The van der Waals surface area contributed by atoms with Gasteiger partial charge in [0.25, 0.3) is 0 Å². The molecule has 0 aliphatic rings. The van der Waals surface area contributed by atoms with Gasteiger partial charge < -0.3 is 14.8 Å². The van der Waals surface area contributed by atoms with Gasteiger partial charge in [0.15, 0.2) is 0 Å². The molecular weight excluding hydrogens is 178 g/mol. The van der Waals surface area contributed by atoms with Crippen LogP contribution < -0.4 is 5.32 Å². The van der Waals surface area contributed by atoms with Gasteiger partial charge in [-0.2, -0.15) is 0 Å². The second-order valence-corrected chi connectivity index (χ2v) is 4.56. The number of aliphatic hydroxyl groups is 1. The maximum atomic E-state index is 9.20. The molecule has 0 fully saturated rings. The molecule has 1 rings (SSSR count). The van der Waals surface area contributed by atoms with Crippen LogP contribution in [0, 0.1) is 5.41 Å². The standard InChI is InChI=1S/C11H19NO2/c1-11(2,3)10(8-13)12-7-9-5-4-6-14-9/h4-6,10,12-13H,7-8H2,1-3H3. The van der Waals surface area contributed by atoms with Gasteiger partial charge in [0, 0.05) is 6.04 Å². The first-order chi connectivity index (χ1) is 6.54. The van der Waals surface area contributed by atoms with Gasteiger partial charge in [-0.25, -0.2) is 0 Å². The molecule has 0 radical (unpaired) electrons. The van der Waals surface area contributed by atoms with Crippen molar-refractivity contribution < 1.29 is 9.52 Å². The molecule has 0 bridgehead atoms. The first-order valence-corrected chi connectivity index (χ1v) is 4.90. The third-order valence-electron chi connectivity index (χ3n) is 2.33. The molecule has 0 saturated carbocycles. The van der Waals surface area contributed by atoms with E-state index in [0.29, 0.717) is 6.54 Å². The largest absolute Gasteiger partial charge is 0.468 e. The summed E-state index contributed by atoms with van der Waals surface area (Å²) < 4.78 is 5.20. The van der Waals surface area contributed by atoms with Crippen molar-refractivity contribution in [2.24, 2.45) is 5.41 Å². The Bertz CT molecular complexity index is 249. The highest BCUT2D eigenvalue weighted by Gasteiger charge is 2.23. The molecule has 14 heavy (non-hydrogen) atoms. The van der Waals surface area contributed by atoms with Crippen molar-refractivity contribution in [3.63, 3.8) is 0 Å². The first kappa shape index (κ1) is 11.3. The highest BCUT2D eigenvalue weighted by molar-refractivity contribution is 4.98. The molecule has 1 unspecified atom stereocenters. The molecule has 0 aliphatic heterocycles. The van der Waals surface area contributed by atoms with Gasteiger partial charge in [-0.1, -0.05) is 20.8 Å². The van der Waals surface area contributed by atoms with Crippen LogP contribution >= 0.6 is 0 Å². The maximum absolute atomic E-state index is 9.20. The summed E-state index contributed by atoms with van der Waals surface area (Å²) in [4.78, 5) is 0. The van der Waals surface area contributed by atoms with Gasteiger partial charge in [-0.05, 0) is 17.5 Å². The minimum atomic E-state index is 0.0569. The first-order valence-electron chi connectivity index (χ1n) is 4.90. The number of aliphatic hydroxyl groups excluding tert-OH is 1. The Balaban J connectivity index is 2.43. The summed E-state index contributed by atoms with van der Waals surface area (Å²) in [7, 11) is 0. The summed E-state index contributed by atoms with van der Waals surface area (Å²) in [6, 6.07) is 3.87. The highest BCUT2D eigenvalue weighted by Crippen LogP contribution is 2.19. The predicted molar refractivity (Wildman–Crippen MR) is 55.9 cm³/mol. The predicted octanol–water partition coefficient (Wildman–Crippen LogP) is 1.78. The van der Waals surface area contributed by atoms with Crippen molar-refractivity contribution >= 4 is 0 Å². The molecule has 0 aliphatic carbocycles. The SMILES string of the molecule is CC(C)(C)C(CO)NCc1ccco1. The molecule has 80 valence electrons. The second-order valence-electron chi connectivity index (χ2n) is 4.56. The van der Waals surface area contributed by atoms with E-state index in [0.717, 1.165) is 5.76 Å². The smallest absolute Gasteiger partial charge is 0.117 e. The van der Waals surface area contributed by atoms with Crippen molar-refractivity contribution in [1.29, 1.82) is 0 Å². The molecule has 0 amide bonds. The zero-order valence-electron chi connectivity index (χ0n) is 9.08. The van der Waals surface area contributed by atoms with Crippen LogP contribution in [0.3, 0.4) is 0 Å². The third-order valence-corrected chi connectivity index (χ3v) is 2.33. The van der Waals surface area contributed by atoms with E-state index >= 15 is 0 Å². The Labute approximate surface area is 85.1 Å². The normalized spacial score (nSPS) is 14.3. The number of hydrogen-bond donors (Lipinski definition) is 2.